The Hall–Kier alpha value is -1.83. The van der Waals surface area contributed by atoms with E-state index in [1.54, 1.807) is 7.05 Å². The van der Waals surface area contributed by atoms with Crippen LogP contribution in [0.2, 0.25) is 0 Å². The summed E-state index contributed by atoms with van der Waals surface area (Å²) in [7, 11) is 3.82. The fourth-order valence-corrected chi connectivity index (χ4v) is 2.52. The highest BCUT2D eigenvalue weighted by atomic mass is 127. The highest BCUT2D eigenvalue weighted by Crippen LogP contribution is 2.11. The molecular formula is C20H29IN4O. The van der Waals surface area contributed by atoms with Crippen molar-refractivity contribution in [1.82, 2.24) is 15.2 Å². The Labute approximate surface area is 173 Å². The van der Waals surface area contributed by atoms with E-state index in [1.807, 2.05) is 31.6 Å². The van der Waals surface area contributed by atoms with E-state index in [0.29, 0.717) is 6.61 Å². The molecular weight excluding hydrogens is 439 g/mol. The molecule has 1 heterocycles. The molecule has 1 aromatic carbocycles. The zero-order valence-electron chi connectivity index (χ0n) is 16.0. The number of aliphatic imine (C=N–C) groups is 1. The van der Waals surface area contributed by atoms with E-state index in [1.165, 1.54) is 16.7 Å². The Morgan fingerprint density at radius 2 is 1.92 bits per heavy atom. The Morgan fingerprint density at radius 3 is 2.58 bits per heavy atom. The van der Waals surface area contributed by atoms with Gasteiger partial charge in [0.1, 0.15) is 12.4 Å². The number of rotatable bonds is 7. The normalized spacial score (nSPS) is 10.8. The van der Waals surface area contributed by atoms with Crippen LogP contribution in [-0.2, 0) is 6.42 Å². The summed E-state index contributed by atoms with van der Waals surface area (Å²) in [6.45, 7) is 6.37. The van der Waals surface area contributed by atoms with Crippen LogP contribution in [0.3, 0.4) is 0 Å². The molecule has 2 rings (SSSR count). The van der Waals surface area contributed by atoms with Gasteiger partial charge in [0.2, 0.25) is 0 Å². The monoisotopic (exact) mass is 468 g/mol. The third-order valence-electron chi connectivity index (χ3n) is 4.10. The zero-order chi connectivity index (χ0) is 18.1. The topological polar surface area (TPSA) is 49.8 Å². The number of aryl methyl sites for hydroxylation is 2. The van der Waals surface area contributed by atoms with Gasteiger partial charge in [-0.05, 0) is 49.6 Å². The molecule has 2 aromatic rings. The van der Waals surface area contributed by atoms with Gasteiger partial charge in [0.05, 0.1) is 6.54 Å². The van der Waals surface area contributed by atoms with Gasteiger partial charge in [-0.3, -0.25) is 9.98 Å². The van der Waals surface area contributed by atoms with Gasteiger partial charge >= 0.3 is 0 Å². The number of nitrogens with one attached hydrogen (secondary N) is 1. The van der Waals surface area contributed by atoms with Crippen molar-refractivity contribution < 1.29 is 4.74 Å². The standard InChI is InChI=1S/C20H28N4O.HI/c1-16-5-7-19(8-6-16)25-14-13-24(4)20(21-3)23-12-10-18-9-11-22-15-17(18)2;/h5-9,11,15H,10,12-14H2,1-4H3,(H,21,23);1H. The van der Waals surface area contributed by atoms with Gasteiger partial charge in [0.15, 0.2) is 5.96 Å². The van der Waals surface area contributed by atoms with Crippen LogP contribution >= 0.6 is 24.0 Å². The van der Waals surface area contributed by atoms with Crippen LogP contribution < -0.4 is 10.1 Å². The largest absolute Gasteiger partial charge is 0.492 e. The van der Waals surface area contributed by atoms with Gasteiger partial charge in [0, 0.05) is 33.0 Å². The summed E-state index contributed by atoms with van der Waals surface area (Å²) < 4.78 is 5.78. The number of hydrogen-bond acceptors (Lipinski definition) is 3. The minimum Gasteiger partial charge on any atom is -0.492 e. The van der Waals surface area contributed by atoms with E-state index in [0.717, 1.165) is 31.2 Å². The summed E-state index contributed by atoms with van der Waals surface area (Å²) in [6.07, 6.45) is 4.69. The second kappa shape index (κ2) is 11.7. The van der Waals surface area contributed by atoms with Crippen LogP contribution in [0.15, 0.2) is 47.7 Å². The number of benzene rings is 1. The molecule has 0 atom stereocenters. The van der Waals surface area contributed by atoms with Gasteiger partial charge in [-0.25, -0.2) is 0 Å². The quantitative estimate of drug-likeness (QED) is 0.384. The molecule has 0 aliphatic carbocycles. The average molecular weight is 468 g/mol. The highest BCUT2D eigenvalue weighted by molar-refractivity contribution is 14.0. The van der Waals surface area contributed by atoms with E-state index in [9.17, 15) is 0 Å². The lowest BCUT2D eigenvalue weighted by Gasteiger charge is -2.22. The fraction of sp³-hybridized carbons (Fsp3) is 0.400. The van der Waals surface area contributed by atoms with Crippen molar-refractivity contribution in [3.63, 3.8) is 0 Å². The molecule has 0 aliphatic rings. The van der Waals surface area contributed by atoms with Crippen molar-refractivity contribution in [1.29, 1.82) is 0 Å². The van der Waals surface area contributed by atoms with Crippen LogP contribution in [0.5, 0.6) is 5.75 Å². The minimum atomic E-state index is 0. The van der Waals surface area contributed by atoms with Gasteiger partial charge in [0.25, 0.3) is 0 Å². The van der Waals surface area contributed by atoms with Crippen molar-refractivity contribution in [3.05, 3.63) is 59.4 Å². The lowest BCUT2D eigenvalue weighted by Crippen LogP contribution is -2.41. The first-order chi connectivity index (χ1) is 12.1. The molecule has 6 heteroatoms. The van der Waals surface area contributed by atoms with Crippen molar-refractivity contribution in [2.75, 3.05) is 33.8 Å². The molecule has 26 heavy (non-hydrogen) atoms. The summed E-state index contributed by atoms with van der Waals surface area (Å²) in [6, 6.07) is 10.2. The number of halogens is 1. The van der Waals surface area contributed by atoms with Crippen LogP contribution in [-0.4, -0.2) is 49.6 Å². The number of guanidine groups is 1. The first-order valence-electron chi connectivity index (χ1n) is 8.61. The van der Waals surface area contributed by atoms with Crippen LogP contribution in [0.25, 0.3) is 0 Å². The van der Waals surface area contributed by atoms with E-state index in [4.69, 9.17) is 4.74 Å². The van der Waals surface area contributed by atoms with Crippen molar-refractivity contribution in [2.45, 2.75) is 20.3 Å². The van der Waals surface area contributed by atoms with Crippen molar-refractivity contribution in [3.8, 4) is 5.75 Å². The maximum atomic E-state index is 5.78. The first-order valence-corrected chi connectivity index (χ1v) is 8.61. The minimum absolute atomic E-state index is 0. The Balaban J connectivity index is 0.00000338. The molecule has 0 fully saturated rings. The molecule has 0 aliphatic heterocycles. The number of nitrogens with zero attached hydrogens (tertiary/aromatic N) is 3. The summed E-state index contributed by atoms with van der Waals surface area (Å²) in [4.78, 5) is 10.5. The molecule has 1 aromatic heterocycles. The second-order valence-corrected chi connectivity index (χ2v) is 6.11. The Kier molecular flexibility index (Phi) is 10.0. The molecule has 0 saturated carbocycles. The number of aromatic nitrogens is 1. The Morgan fingerprint density at radius 1 is 1.19 bits per heavy atom. The van der Waals surface area contributed by atoms with Crippen molar-refractivity contribution >= 4 is 29.9 Å². The maximum absolute atomic E-state index is 5.78. The summed E-state index contributed by atoms with van der Waals surface area (Å²) in [5, 5.41) is 3.40. The molecule has 5 nitrogen and oxygen atoms in total. The SMILES string of the molecule is CN=C(NCCc1ccncc1C)N(C)CCOc1ccc(C)cc1.I. The van der Waals surface area contributed by atoms with E-state index in [-0.39, 0.29) is 24.0 Å². The molecule has 0 saturated heterocycles. The second-order valence-electron chi connectivity index (χ2n) is 6.11. The molecule has 0 radical (unpaired) electrons. The predicted octanol–water partition coefficient (Wildman–Crippen LogP) is 3.45. The lowest BCUT2D eigenvalue weighted by molar-refractivity contribution is 0.281. The maximum Gasteiger partial charge on any atom is 0.193 e. The molecule has 0 bridgehead atoms. The molecule has 0 spiro atoms. The smallest absolute Gasteiger partial charge is 0.193 e. The summed E-state index contributed by atoms with van der Waals surface area (Å²) in [5.41, 5.74) is 3.76. The number of likely N-dealkylation sites (N-methyl/N-ethyl adjacent to an activating group) is 1. The van der Waals surface area contributed by atoms with Gasteiger partial charge in [-0.15, -0.1) is 24.0 Å². The number of hydrogen-bond donors (Lipinski definition) is 1. The summed E-state index contributed by atoms with van der Waals surface area (Å²) >= 11 is 0. The van der Waals surface area contributed by atoms with E-state index < -0.39 is 0 Å². The molecule has 142 valence electrons. The summed E-state index contributed by atoms with van der Waals surface area (Å²) in [5.74, 6) is 1.77. The van der Waals surface area contributed by atoms with Gasteiger partial charge in [-0.1, -0.05) is 17.7 Å². The third kappa shape index (κ3) is 7.19. The van der Waals surface area contributed by atoms with Crippen LogP contribution in [0.1, 0.15) is 16.7 Å². The molecule has 1 N–H and O–H groups in total. The van der Waals surface area contributed by atoms with Crippen molar-refractivity contribution in [2.24, 2.45) is 4.99 Å². The molecule has 0 amide bonds. The van der Waals surface area contributed by atoms with E-state index >= 15 is 0 Å². The number of ether oxygens (including phenoxy) is 1. The van der Waals surface area contributed by atoms with Gasteiger partial charge < -0.3 is 15.0 Å². The predicted molar refractivity (Wildman–Crippen MR) is 119 cm³/mol. The van der Waals surface area contributed by atoms with Gasteiger partial charge in [-0.2, -0.15) is 0 Å². The molecule has 0 unspecified atom stereocenters. The fourth-order valence-electron chi connectivity index (χ4n) is 2.52. The lowest BCUT2D eigenvalue weighted by atomic mass is 10.1. The first kappa shape index (κ1) is 22.2. The van der Waals surface area contributed by atoms with E-state index in [2.05, 4.69) is 52.2 Å². The average Bonchev–Trinajstić information content (AvgIpc) is 2.62. The van der Waals surface area contributed by atoms with Crippen LogP contribution in [0.4, 0.5) is 0 Å². The third-order valence-corrected chi connectivity index (χ3v) is 4.10. The van der Waals surface area contributed by atoms with Crippen LogP contribution in [0, 0.1) is 13.8 Å². The highest BCUT2D eigenvalue weighted by Gasteiger charge is 2.06. The zero-order valence-corrected chi connectivity index (χ0v) is 18.4. The Bertz CT molecular complexity index is 688. The number of pyridine rings is 1.